The van der Waals surface area contributed by atoms with Crippen LogP contribution in [-0.4, -0.2) is 17.5 Å². The van der Waals surface area contributed by atoms with E-state index < -0.39 is 0 Å². The fourth-order valence-electron chi connectivity index (χ4n) is 3.80. The highest BCUT2D eigenvalue weighted by Gasteiger charge is 2.23. The van der Waals surface area contributed by atoms with E-state index in [1.165, 1.54) is 29.7 Å². The molecule has 0 fully saturated rings. The normalized spacial score (nSPS) is 16.0. The number of aryl methyl sites for hydroxylation is 1. The van der Waals surface area contributed by atoms with Crippen LogP contribution in [0.1, 0.15) is 47.6 Å². The molecule has 146 valence electrons. The molecule has 5 nitrogen and oxygen atoms in total. The van der Waals surface area contributed by atoms with Crippen molar-refractivity contribution in [3.05, 3.63) is 46.5 Å². The molecule has 4 rings (SSSR count). The number of carbonyl (C=O) groups excluding carboxylic acids is 1. The third kappa shape index (κ3) is 3.56. The van der Waals surface area contributed by atoms with Crippen molar-refractivity contribution in [1.82, 2.24) is 4.98 Å². The molecule has 3 N–H and O–H groups in total. The summed E-state index contributed by atoms with van der Waals surface area (Å²) in [5.41, 5.74) is 10.0. The molecule has 2 heterocycles. The van der Waals surface area contributed by atoms with Crippen LogP contribution in [0.3, 0.4) is 0 Å². The predicted octanol–water partition coefficient (Wildman–Crippen LogP) is 5.04. The van der Waals surface area contributed by atoms with Crippen LogP contribution in [0.25, 0.3) is 10.2 Å². The molecule has 1 aromatic carbocycles. The number of rotatable bonds is 5. The Labute approximate surface area is 168 Å². The Morgan fingerprint density at radius 2 is 2.21 bits per heavy atom. The van der Waals surface area contributed by atoms with E-state index in [0.29, 0.717) is 28.8 Å². The average Bonchev–Trinajstić information content (AvgIpc) is 3.02. The number of hydrogen-bond acceptors (Lipinski definition) is 5. The van der Waals surface area contributed by atoms with Crippen LogP contribution in [0.4, 0.5) is 11.4 Å². The van der Waals surface area contributed by atoms with Gasteiger partial charge in [-0.25, -0.2) is 4.98 Å². The standard InChI is InChI=1S/C22H25N3O2S/c1-3-13-8-9-18-14(10-13)11-17-19(23)20(28-22(17)25-18)21(26)24-15-6-5-7-16(12-15)27-4-2/h5-7,11-13H,3-4,8-10,23H2,1-2H3,(H,24,26)/t13-/m1/s1. The molecule has 0 unspecified atom stereocenters. The molecule has 28 heavy (non-hydrogen) atoms. The monoisotopic (exact) mass is 395 g/mol. The van der Waals surface area contributed by atoms with E-state index in [9.17, 15) is 4.79 Å². The number of nitrogens with one attached hydrogen (secondary N) is 1. The van der Waals surface area contributed by atoms with Crippen LogP contribution in [0, 0.1) is 5.92 Å². The highest BCUT2D eigenvalue weighted by molar-refractivity contribution is 7.21. The molecular weight excluding hydrogens is 370 g/mol. The molecule has 6 heteroatoms. The highest BCUT2D eigenvalue weighted by atomic mass is 32.1. The number of aromatic nitrogens is 1. The summed E-state index contributed by atoms with van der Waals surface area (Å²) in [5.74, 6) is 1.23. The summed E-state index contributed by atoms with van der Waals surface area (Å²) in [5, 5.41) is 3.83. The maximum Gasteiger partial charge on any atom is 0.267 e. The zero-order chi connectivity index (χ0) is 19.7. The SMILES string of the molecule is CCOc1cccc(NC(=O)c2sc3nc4c(cc3c2N)C[C@H](CC)CC4)c1. The number of nitrogens with two attached hydrogens (primary N) is 1. The van der Waals surface area contributed by atoms with Crippen LogP contribution < -0.4 is 15.8 Å². The first kappa shape index (κ1) is 18.7. The Kier molecular flexibility index (Phi) is 5.22. The number of nitrogen functional groups attached to an aromatic ring is 1. The second-order valence-corrected chi connectivity index (χ2v) is 8.22. The van der Waals surface area contributed by atoms with Crippen molar-refractivity contribution < 1.29 is 9.53 Å². The molecular formula is C22H25N3O2S. The largest absolute Gasteiger partial charge is 0.494 e. The zero-order valence-corrected chi connectivity index (χ0v) is 17.1. The summed E-state index contributed by atoms with van der Waals surface area (Å²) in [4.78, 5) is 19.0. The zero-order valence-electron chi connectivity index (χ0n) is 16.2. The summed E-state index contributed by atoms with van der Waals surface area (Å²) < 4.78 is 5.50. The Bertz CT molecular complexity index is 1030. The Balaban J connectivity index is 1.63. The quantitative estimate of drug-likeness (QED) is 0.634. The fourth-order valence-corrected chi connectivity index (χ4v) is 4.79. The first-order valence-electron chi connectivity index (χ1n) is 9.84. The minimum atomic E-state index is -0.210. The summed E-state index contributed by atoms with van der Waals surface area (Å²) >= 11 is 1.37. The van der Waals surface area contributed by atoms with Crippen LogP contribution in [-0.2, 0) is 12.8 Å². The number of fused-ring (bicyclic) bond motifs is 2. The first-order chi connectivity index (χ1) is 13.6. The molecule has 0 aliphatic heterocycles. The van der Waals surface area contributed by atoms with E-state index in [1.807, 2.05) is 31.2 Å². The number of amides is 1. The number of carbonyl (C=O) groups is 1. The van der Waals surface area contributed by atoms with E-state index in [0.717, 1.165) is 34.5 Å². The van der Waals surface area contributed by atoms with Gasteiger partial charge in [-0.05, 0) is 55.9 Å². The molecule has 1 aliphatic rings. The third-order valence-corrected chi connectivity index (χ3v) is 6.49. The van der Waals surface area contributed by atoms with Crippen molar-refractivity contribution in [1.29, 1.82) is 0 Å². The lowest BCUT2D eigenvalue weighted by molar-refractivity contribution is 0.103. The first-order valence-corrected chi connectivity index (χ1v) is 10.7. The van der Waals surface area contributed by atoms with Gasteiger partial charge in [-0.3, -0.25) is 4.79 Å². The minimum Gasteiger partial charge on any atom is -0.494 e. The number of thiophene rings is 1. The molecule has 0 spiro atoms. The van der Waals surface area contributed by atoms with E-state index in [1.54, 1.807) is 0 Å². The molecule has 3 aromatic rings. The van der Waals surface area contributed by atoms with E-state index in [4.69, 9.17) is 15.5 Å². The summed E-state index contributed by atoms with van der Waals surface area (Å²) in [6, 6.07) is 9.52. The molecule has 0 radical (unpaired) electrons. The Hall–Kier alpha value is -2.60. The van der Waals surface area contributed by atoms with Gasteiger partial charge in [-0.1, -0.05) is 19.4 Å². The van der Waals surface area contributed by atoms with Crippen LogP contribution in [0.15, 0.2) is 30.3 Å². The lowest BCUT2D eigenvalue weighted by atomic mass is 9.85. The number of pyridine rings is 1. The number of hydrogen-bond donors (Lipinski definition) is 2. The summed E-state index contributed by atoms with van der Waals surface area (Å²) in [6.07, 6.45) is 4.43. The lowest BCUT2D eigenvalue weighted by Crippen LogP contribution is -2.14. The average molecular weight is 396 g/mol. The molecule has 1 aliphatic carbocycles. The predicted molar refractivity (Wildman–Crippen MR) is 115 cm³/mol. The van der Waals surface area contributed by atoms with Gasteiger partial charge in [0.1, 0.15) is 15.5 Å². The molecule has 0 bridgehead atoms. The van der Waals surface area contributed by atoms with E-state index in [2.05, 4.69) is 18.3 Å². The second kappa shape index (κ2) is 7.80. The van der Waals surface area contributed by atoms with Crippen molar-refractivity contribution in [2.45, 2.75) is 39.5 Å². The number of nitrogens with zero attached hydrogens (tertiary/aromatic N) is 1. The highest BCUT2D eigenvalue weighted by Crippen LogP contribution is 2.37. The fraction of sp³-hybridized carbons (Fsp3) is 0.364. The summed E-state index contributed by atoms with van der Waals surface area (Å²) in [6.45, 7) is 4.75. The maximum absolute atomic E-state index is 12.8. The lowest BCUT2D eigenvalue weighted by Gasteiger charge is -2.22. The van der Waals surface area contributed by atoms with Gasteiger partial charge >= 0.3 is 0 Å². The van der Waals surface area contributed by atoms with Crippen LogP contribution >= 0.6 is 11.3 Å². The molecule has 1 atom stereocenters. The van der Waals surface area contributed by atoms with Gasteiger partial charge in [0.05, 0.1) is 12.3 Å². The van der Waals surface area contributed by atoms with Gasteiger partial charge < -0.3 is 15.8 Å². The molecule has 0 saturated heterocycles. The molecule has 0 saturated carbocycles. The van der Waals surface area contributed by atoms with E-state index in [-0.39, 0.29) is 5.91 Å². The minimum absolute atomic E-state index is 0.210. The molecule has 1 amide bonds. The second-order valence-electron chi connectivity index (χ2n) is 7.22. The topological polar surface area (TPSA) is 77.2 Å². The van der Waals surface area contributed by atoms with Gasteiger partial charge in [0.2, 0.25) is 0 Å². The maximum atomic E-state index is 12.8. The third-order valence-electron chi connectivity index (χ3n) is 5.37. The van der Waals surface area contributed by atoms with Crippen LogP contribution in [0.2, 0.25) is 0 Å². The number of benzene rings is 1. The number of anilines is 2. The summed E-state index contributed by atoms with van der Waals surface area (Å²) in [7, 11) is 0. The van der Waals surface area contributed by atoms with Gasteiger partial charge in [-0.2, -0.15) is 0 Å². The van der Waals surface area contributed by atoms with Crippen molar-refractivity contribution in [3.8, 4) is 5.75 Å². The number of ether oxygens (including phenoxy) is 1. The van der Waals surface area contributed by atoms with Crippen molar-refractivity contribution in [2.75, 3.05) is 17.7 Å². The van der Waals surface area contributed by atoms with Crippen molar-refractivity contribution >= 4 is 38.8 Å². The van der Waals surface area contributed by atoms with Gasteiger partial charge in [0.15, 0.2) is 0 Å². The Morgan fingerprint density at radius 3 is 3.00 bits per heavy atom. The van der Waals surface area contributed by atoms with Gasteiger partial charge in [-0.15, -0.1) is 11.3 Å². The van der Waals surface area contributed by atoms with E-state index >= 15 is 0 Å². The van der Waals surface area contributed by atoms with Crippen molar-refractivity contribution in [3.63, 3.8) is 0 Å². The van der Waals surface area contributed by atoms with Gasteiger partial charge in [0.25, 0.3) is 5.91 Å². The van der Waals surface area contributed by atoms with Gasteiger partial charge in [0, 0.05) is 22.8 Å². The molecule has 2 aromatic heterocycles. The Morgan fingerprint density at radius 1 is 1.36 bits per heavy atom. The smallest absolute Gasteiger partial charge is 0.267 e. The van der Waals surface area contributed by atoms with Crippen LogP contribution in [0.5, 0.6) is 5.75 Å². The van der Waals surface area contributed by atoms with Crippen molar-refractivity contribution in [2.24, 2.45) is 5.92 Å².